The van der Waals surface area contributed by atoms with E-state index in [1.807, 2.05) is 12.1 Å². The molecule has 4 heteroatoms. The summed E-state index contributed by atoms with van der Waals surface area (Å²) in [5.41, 5.74) is 0.909. The van der Waals surface area contributed by atoms with Gasteiger partial charge in [-0.25, -0.2) is 4.39 Å². The summed E-state index contributed by atoms with van der Waals surface area (Å²) in [6.45, 7) is 4.11. The molecule has 1 aromatic carbocycles. The number of benzene rings is 1. The van der Waals surface area contributed by atoms with E-state index in [4.69, 9.17) is 0 Å². The van der Waals surface area contributed by atoms with Gasteiger partial charge < -0.3 is 5.32 Å². The van der Waals surface area contributed by atoms with Gasteiger partial charge in [0.25, 0.3) is 0 Å². The molecule has 0 amide bonds. The van der Waals surface area contributed by atoms with E-state index in [0.717, 1.165) is 35.3 Å². The maximum Gasteiger partial charge on any atom is 0.128 e. The minimum atomic E-state index is -0.0363. The van der Waals surface area contributed by atoms with Crippen molar-refractivity contribution >= 4 is 22.6 Å². The summed E-state index contributed by atoms with van der Waals surface area (Å²) >= 11 is 2.27. The third kappa shape index (κ3) is 2.70. The highest BCUT2D eigenvalue weighted by atomic mass is 127. The minimum Gasteiger partial charge on any atom is -0.314 e. The van der Waals surface area contributed by atoms with Gasteiger partial charge in [0.1, 0.15) is 5.82 Å². The molecule has 2 nitrogen and oxygen atoms in total. The van der Waals surface area contributed by atoms with E-state index in [9.17, 15) is 4.39 Å². The Morgan fingerprint density at radius 3 is 2.67 bits per heavy atom. The first-order valence-corrected chi connectivity index (χ1v) is 7.73. The Balaban J connectivity index is 1.90. The van der Waals surface area contributed by atoms with Crippen LogP contribution in [0.3, 0.4) is 0 Å². The molecular weight excluding hydrogens is 342 g/mol. The summed E-state index contributed by atoms with van der Waals surface area (Å²) in [6.07, 6.45) is 2.50. The van der Waals surface area contributed by atoms with Gasteiger partial charge in [0.15, 0.2) is 0 Å². The van der Waals surface area contributed by atoms with Crippen molar-refractivity contribution in [3.05, 3.63) is 33.1 Å². The summed E-state index contributed by atoms with van der Waals surface area (Å²) in [7, 11) is 0. The van der Waals surface area contributed by atoms with Crippen molar-refractivity contribution in [3.8, 4) is 0 Å². The molecular formula is C14H18FIN2. The van der Waals surface area contributed by atoms with Gasteiger partial charge >= 0.3 is 0 Å². The molecule has 1 heterocycles. The van der Waals surface area contributed by atoms with Crippen LogP contribution in [0.4, 0.5) is 4.39 Å². The van der Waals surface area contributed by atoms with Crippen molar-refractivity contribution in [1.29, 1.82) is 0 Å². The van der Waals surface area contributed by atoms with Crippen LogP contribution in [0.5, 0.6) is 0 Å². The summed E-state index contributed by atoms with van der Waals surface area (Å²) < 4.78 is 15.2. The standard InChI is InChI=1S/C14H18FIN2/c15-13-4-3-11(16)9-12(13)14(10-1-2-10)18-7-5-17-6-8-18/h3-4,9-10,14,17H,1-2,5-8H2/t14-/m0/s1. The molecule has 1 N–H and O–H groups in total. The molecule has 18 heavy (non-hydrogen) atoms. The Kier molecular flexibility index (Phi) is 3.86. The highest BCUT2D eigenvalue weighted by molar-refractivity contribution is 14.1. The van der Waals surface area contributed by atoms with E-state index in [1.165, 1.54) is 12.8 Å². The van der Waals surface area contributed by atoms with E-state index in [0.29, 0.717) is 12.0 Å². The van der Waals surface area contributed by atoms with E-state index >= 15 is 0 Å². The van der Waals surface area contributed by atoms with Crippen LogP contribution >= 0.6 is 22.6 Å². The number of hydrogen-bond acceptors (Lipinski definition) is 2. The first-order chi connectivity index (χ1) is 8.75. The van der Waals surface area contributed by atoms with Crippen LogP contribution in [0.1, 0.15) is 24.4 Å². The number of hydrogen-bond donors (Lipinski definition) is 1. The normalized spacial score (nSPS) is 23.0. The van der Waals surface area contributed by atoms with Crippen LogP contribution < -0.4 is 5.32 Å². The van der Waals surface area contributed by atoms with E-state index in [2.05, 4.69) is 32.8 Å². The molecule has 1 saturated carbocycles. The molecule has 3 rings (SSSR count). The Bertz CT molecular complexity index is 428. The SMILES string of the molecule is Fc1ccc(I)cc1[C@H](C1CC1)N1CCNCC1. The van der Waals surface area contributed by atoms with Crippen LogP contribution in [0.2, 0.25) is 0 Å². The first kappa shape index (κ1) is 12.8. The van der Waals surface area contributed by atoms with Crippen molar-refractivity contribution < 1.29 is 4.39 Å². The minimum absolute atomic E-state index is 0.0363. The molecule has 0 aromatic heterocycles. The lowest BCUT2D eigenvalue weighted by Gasteiger charge is -2.35. The Labute approximate surface area is 121 Å². The fraction of sp³-hybridized carbons (Fsp3) is 0.571. The van der Waals surface area contributed by atoms with Gasteiger partial charge in [0.05, 0.1) is 0 Å². The van der Waals surface area contributed by atoms with Gasteiger partial charge in [0.2, 0.25) is 0 Å². The summed E-state index contributed by atoms with van der Waals surface area (Å²) in [4.78, 5) is 2.46. The van der Waals surface area contributed by atoms with Crippen molar-refractivity contribution in [2.75, 3.05) is 26.2 Å². The lowest BCUT2D eigenvalue weighted by molar-refractivity contribution is 0.153. The average Bonchev–Trinajstić information content (AvgIpc) is 3.20. The quantitative estimate of drug-likeness (QED) is 0.834. The Morgan fingerprint density at radius 1 is 1.28 bits per heavy atom. The fourth-order valence-electron chi connectivity index (χ4n) is 2.86. The third-order valence-corrected chi connectivity index (χ3v) is 4.56. The predicted molar refractivity (Wildman–Crippen MR) is 79.0 cm³/mol. The summed E-state index contributed by atoms with van der Waals surface area (Å²) in [6, 6.07) is 5.79. The second-order valence-corrected chi connectivity index (χ2v) is 6.48. The van der Waals surface area contributed by atoms with Gasteiger partial charge in [-0.1, -0.05) is 0 Å². The average molecular weight is 360 g/mol. The van der Waals surface area contributed by atoms with Gasteiger partial charge in [-0.15, -0.1) is 0 Å². The van der Waals surface area contributed by atoms with Crippen molar-refractivity contribution in [2.45, 2.75) is 18.9 Å². The predicted octanol–water partition coefficient (Wildman–Crippen LogP) is 2.79. The smallest absolute Gasteiger partial charge is 0.128 e. The third-order valence-electron chi connectivity index (χ3n) is 3.89. The van der Waals surface area contributed by atoms with E-state index in [-0.39, 0.29) is 5.82 Å². The van der Waals surface area contributed by atoms with Crippen LogP contribution in [-0.2, 0) is 0 Å². The molecule has 1 aromatic rings. The summed E-state index contributed by atoms with van der Waals surface area (Å²) in [5.74, 6) is 0.627. The molecule has 0 unspecified atom stereocenters. The number of nitrogens with zero attached hydrogens (tertiary/aromatic N) is 1. The summed E-state index contributed by atoms with van der Waals surface area (Å²) in [5, 5.41) is 3.37. The lowest BCUT2D eigenvalue weighted by Crippen LogP contribution is -2.45. The maximum atomic E-state index is 14.1. The zero-order valence-electron chi connectivity index (χ0n) is 10.3. The van der Waals surface area contributed by atoms with Crippen molar-refractivity contribution in [3.63, 3.8) is 0 Å². The highest BCUT2D eigenvalue weighted by Crippen LogP contribution is 2.45. The molecule has 2 fully saturated rings. The van der Waals surface area contributed by atoms with Crippen LogP contribution in [0, 0.1) is 15.3 Å². The van der Waals surface area contributed by atoms with E-state index < -0.39 is 0 Å². The number of nitrogens with one attached hydrogen (secondary N) is 1. The molecule has 1 aliphatic carbocycles. The molecule has 0 spiro atoms. The van der Waals surface area contributed by atoms with Gasteiger partial charge in [-0.2, -0.15) is 0 Å². The zero-order chi connectivity index (χ0) is 12.5. The fourth-order valence-corrected chi connectivity index (χ4v) is 3.38. The second-order valence-electron chi connectivity index (χ2n) is 5.23. The van der Waals surface area contributed by atoms with Crippen LogP contribution in [0.25, 0.3) is 0 Å². The number of rotatable bonds is 3. The second kappa shape index (κ2) is 5.43. The highest BCUT2D eigenvalue weighted by Gasteiger charge is 2.38. The monoisotopic (exact) mass is 360 g/mol. The van der Waals surface area contributed by atoms with Crippen molar-refractivity contribution in [2.24, 2.45) is 5.92 Å². The zero-order valence-corrected chi connectivity index (χ0v) is 12.5. The topological polar surface area (TPSA) is 15.3 Å². The molecule has 0 radical (unpaired) electrons. The lowest BCUT2D eigenvalue weighted by atomic mass is 9.99. The number of piperazine rings is 1. The number of halogens is 2. The molecule has 1 saturated heterocycles. The maximum absolute atomic E-state index is 14.1. The molecule has 0 bridgehead atoms. The molecule has 98 valence electrons. The largest absolute Gasteiger partial charge is 0.314 e. The molecule has 1 aliphatic heterocycles. The van der Waals surface area contributed by atoms with Gasteiger partial charge in [-0.05, 0) is 59.5 Å². The Hall–Kier alpha value is -0.200. The van der Waals surface area contributed by atoms with Crippen LogP contribution in [-0.4, -0.2) is 31.1 Å². The van der Waals surface area contributed by atoms with Crippen LogP contribution in [0.15, 0.2) is 18.2 Å². The first-order valence-electron chi connectivity index (χ1n) is 6.65. The molecule has 1 atom stereocenters. The van der Waals surface area contributed by atoms with Gasteiger partial charge in [0, 0.05) is 41.4 Å². The van der Waals surface area contributed by atoms with E-state index in [1.54, 1.807) is 6.07 Å². The van der Waals surface area contributed by atoms with Crippen molar-refractivity contribution in [1.82, 2.24) is 10.2 Å². The Morgan fingerprint density at radius 2 is 2.00 bits per heavy atom. The molecule has 2 aliphatic rings. The van der Waals surface area contributed by atoms with Gasteiger partial charge in [-0.3, -0.25) is 4.90 Å².